The summed E-state index contributed by atoms with van der Waals surface area (Å²) < 4.78 is 0. The van der Waals surface area contributed by atoms with E-state index >= 15 is 0 Å². The number of para-hydroxylation sites is 1. The molecule has 25 heavy (non-hydrogen) atoms. The molecule has 5 rings (SSSR count). The minimum absolute atomic E-state index is 0.892. The predicted molar refractivity (Wildman–Crippen MR) is 100 cm³/mol. The normalized spacial score (nSPS) is 15.2. The maximum atomic E-state index is 4.82. The van der Waals surface area contributed by atoms with E-state index < -0.39 is 0 Å². The Morgan fingerprint density at radius 1 is 0.840 bits per heavy atom. The smallest absolute Gasteiger partial charge is 0.142 e. The lowest BCUT2D eigenvalue weighted by Gasteiger charge is -2.36. The van der Waals surface area contributed by atoms with Gasteiger partial charge in [0.2, 0.25) is 0 Å². The van der Waals surface area contributed by atoms with Crippen molar-refractivity contribution in [3.05, 3.63) is 55.0 Å². The quantitative estimate of drug-likeness (QED) is 0.612. The molecule has 1 aliphatic heterocycles. The van der Waals surface area contributed by atoms with E-state index in [2.05, 4.69) is 49.0 Å². The minimum atomic E-state index is 0.892. The Kier molecular flexibility index (Phi) is 3.26. The van der Waals surface area contributed by atoms with Gasteiger partial charge in [-0.05, 0) is 24.3 Å². The van der Waals surface area contributed by atoms with Gasteiger partial charge < -0.3 is 14.8 Å². The molecule has 6 nitrogen and oxygen atoms in total. The summed E-state index contributed by atoms with van der Waals surface area (Å²) in [7, 11) is 0. The van der Waals surface area contributed by atoms with Crippen LogP contribution in [0.4, 0.5) is 11.6 Å². The number of H-pyrrole nitrogens is 1. The summed E-state index contributed by atoms with van der Waals surface area (Å²) in [6.45, 7) is 3.71. The van der Waals surface area contributed by atoms with Gasteiger partial charge in [0, 0.05) is 37.8 Å². The summed E-state index contributed by atoms with van der Waals surface area (Å²) >= 11 is 0. The van der Waals surface area contributed by atoms with E-state index in [1.165, 1.54) is 5.39 Å². The third-order valence-corrected chi connectivity index (χ3v) is 4.82. The second kappa shape index (κ2) is 5.73. The number of pyridine rings is 1. The van der Waals surface area contributed by atoms with Gasteiger partial charge in [0.05, 0.1) is 10.9 Å². The Hall–Kier alpha value is -3.15. The van der Waals surface area contributed by atoms with E-state index in [1.54, 1.807) is 6.33 Å². The molecule has 0 spiro atoms. The van der Waals surface area contributed by atoms with Crippen LogP contribution in [0.1, 0.15) is 0 Å². The summed E-state index contributed by atoms with van der Waals surface area (Å²) in [5.74, 6) is 2.06. The second-order valence-corrected chi connectivity index (χ2v) is 6.27. The standard InChI is InChI=1S/C19H18N6/c1-2-4-16-14(3-1)5-6-17(23-16)24-9-11-25(12-10-24)19-15-7-8-20-18(15)21-13-22-19/h1-8,13H,9-12H2,(H,20,21,22). The third kappa shape index (κ3) is 2.46. The Bertz CT molecular complexity index is 1030. The van der Waals surface area contributed by atoms with Crippen molar-refractivity contribution in [3.8, 4) is 0 Å². The predicted octanol–water partition coefficient (Wildman–Crippen LogP) is 2.83. The highest BCUT2D eigenvalue weighted by Gasteiger charge is 2.21. The molecule has 6 heteroatoms. The summed E-state index contributed by atoms with van der Waals surface area (Å²) in [5, 5.41) is 2.26. The number of aromatic amines is 1. The van der Waals surface area contributed by atoms with Crippen LogP contribution in [0.25, 0.3) is 21.9 Å². The number of piperazine rings is 1. The van der Waals surface area contributed by atoms with Crippen molar-refractivity contribution in [3.63, 3.8) is 0 Å². The average Bonchev–Trinajstić information content (AvgIpc) is 3.17. The summed E-state index contributed by atoms with van der Waals surface area (Å²) in [5.41, 5.74) is 1.94. The zero-order chi connectivity index (χ0) is 16.6. The van der Waals surface area contributed by atoms with Gasteiger partial charge in [-0.3, -0.25) is 0 Å². The van der Waals surface area contributed by atoms with Gasteiger partial charge in [0.15, 0.2) is 0 Å². The summed E-state index contributed by atoms with van der Waals surface area (Å²) in [6.07, 6.45) is 3.55. The van der Waals surface area contributed by atoms with Gasteiger partial charge >= 0.3 is 0 Å². The van der Waals surface area contributed by atoms with E-state index in [0.29, 0.717) is 0 Å². The van der Waals surface area contributed by atoms with Crippen LogP contribution < -0.4 is 9.80 Å². The molecule has 1 aromatic carbocycles. The molecule has 0 radical (unpaired) electrons. The van der Waals surface area contributed by atoms with Crippen LogP contribution in [0, 0.1) is 0 Å². The molecule has 1 fully saturated rings. The summed E-state index contributed by atoms with van der Waals surface area (Å²) in [4.78, 5) is 21.4. The maximum absolute atomic E-state index is 4.82. The molecule has 0 aliphatic carbocycles. The number of hydrogen-bond donors (Lipinski definition) is 1. The average molecular weight is 330 g/mol. The maximum Gasteiger partial charge on any atom is 0.142 e. The number of benzene rings is 1. The fourth-order valence-corrected chi connectivity index (χ4v) is 3.49. The lowest BCUT2D eigenvalue weighted by molar-refractivity contribution is 0.644. The van der Waals surface area contributed by atoms with Crippen molar-refractivity contribution in [2.45, 2.75) is 0 Å². The van der Waals surface area contributed by atoms with Gasteiger partial charge in [-0.15, -0.1) is 0 Å². The zero-order valence-corrected chi connectivity index (χ0v) is 13.8. The van der Waals surface area contributed by atoms with E-state index in [0.717, 1.165) is 54.4 Å². The zero-order valence-electron chi connectivity index (χ0n) is 13.8. The highest BCUT2D eigenvalue weighted by molar-refractivity contribution is 5.87. The van der Waals surface area contributed by atoms with Crippen molar-refractivity contribution in [1.29, 1.82) is 0 Å². The van der Waals surface area contributed by atoms with E-state index in [1.807, 2.05) is 24.4 Å². The van der Waals surface area contributed by atoms with Gasteiger partial charge in [0.25, 0.3) is 0 Å². The van der Waals surface area contributed by atoms with E-state index in [9.17, 15) is 0 Å². The number of aromatic nitrogens is 4. The molecule has 1 saturated heterocycles. The van der Waals surface area contributed by atoms with Crippen LogP contribution in [0.5, 0.6) is 0 Å². The molecular weight excluding hydrogens is 312 g/mol. The molecule has 1 aliphatic rings. The number of nitrogens with one attached hydrogen (secondary N) is 1. The summed E-state index contributed by atoms with van der Waals surface area (Å²) in [6, 6.07) is 14.6. The highest BCUT2D eigenvalue weighted by atomic mass is 15.3. The number of rotatable bonds is 2. The topological polar surface area (TPSA) is 60.9 Å². The van der Waals surface area contributed by atoms with Gasteiger partial charge in [-0.1, -0.05) is 18.2 Å². The van der Waals surface area contributed by atoms with Gasteiger partial charge in [0.1, 0.15) is 23.6 Å². The van der Waals surface area contributed by atoms with Crippen LogP contribution in [-0.2, 0) is 0 Å². The molecule has 0 saturated carbocycles. The fraction of sp³-hybridized carbons (Fsp3) is 0.211. The molecule has 0 atom stereocenters. The van der Waals surface area contributed by atoms with Gasteiger partial charge in [-0.25, -0.2) is 15.0 Å². The number of fused-ring (bicyclic) bond motifs is 2. The molecule has 3 aromatic heterocycles. The Morgan fingerprint density at radius 2 is 1.68 bits per heavy atom. The minimum Gasteiger partial charge on any atom is -0.353 e. The Morgan fingerprint density at radius 3 is 2.60 bits per heavy atom. The number of hydrogen-bond acceptors (Lipinski definition) is 5. The lowest BCUT2D eigenvalue weighted by atomic mass is 10.2. The van der Waals surface area contributed by atoms with Crippen molar-refractivity contribution >= 4 is 33.6 Å². The monoisotopic (exact) mass is 330 g/mol. The van der Waals surface area contributed by atoms with Crippen molar-refractivity contribution in [1.82, 2.24) is 19.9 Å². The molecule has 1 N–H and O–H groups in total. The first-order chi connectivity index (χ1) is 12.4. The van der Waals surface area contributed by atoms with Crippen molar-refractivity contribution in [2.24, 2.45) is 0 Å². The molecule has 0 unspecified atom stereocenters. The molecule has 124 valence electrons. The first-order valence-corrected chi connectivity index (χ1v) is 8.52. The SMILES string of the molecule is c1ccc2nc(N3CCN(c4ncnc5[nH]ccc45)CC3)ccc2c1. The third-order valence-electron chi connectivity index (χ3n) is 4.82. The first-order valence-electron chi connectivity index (χ1n) is 8.52. The van der Waals surface area contributed by atoms with Gasteiger partial charge in [-0.2, -0.15) is 0 Å². The van der Waals surface area contributed by atoms with Crippen molar-refractivity contribution in [2.75, 3.05) is 36.0 Å². The molecule has 0 bridgehead atoms. The van der Waals surface area contributed by atoms with Crippen LogP contribution >= 0.6 is 0 Å². The lowest BCUT2D eigenvalue weighted by Crippen LogP contribution is -2.47. The highest BCUT2D eigenvalue weighted by Crippen LogP contribution is 2.25. The molecule has 4 aromatic rings. The van der Waals surface area contributed by atoms with Crippen molar-refractivity contribution < 1.29 is 0 Å². The molecular formula is C19H18N6. The van der Waals surface area contributed by atoms with Crippen LogP contribution in [0.3, 0.4) is 0 Å². The number of anilines is 2. The van der Waals surface area contributed by atoms with Crippen LogP contribution in [0.15, 0.2) is 55.0 Å². The Labute approximate surface area is 145 Å². The van der Waals surface area contributed by atoms with E-state index in [4.69, 9.17) is 4.98 Å². The number of nitrogens with zero attached hydrogens (tertiary/aromatic N) is 5. The molecule has 0 amide bonds. The molecule has 4 heterocycles. The largest absolute Gasteiger partial charge is 0.353 e. The van der Waals surface area contributed by atoms with Crippen LogP contribution in [0.2, 0.25) is 0 Å². The fourth-order valence-electron chi connectivity index (χ4n) is 3.49. The Balaban J connectivity index is 1.37. The second-order valence-electron chi connectivity index (χ2n) is 6.27. The first kappa shape index (κ1) is 14.2. The van der Waals surface area contributed by atoms with Crippen LogP contribution in [-0.4, -0.2) is 46.1 Å². The van der Waals surface area contributed by atoms with E-state index in [-0.39, 0.29) is 0 Å².